The van der Waals surface area contributed by atoms with E-state index in [1.807, 2.05) is 13.8 Å². The fourth-order valence-electron chi connectivity index (χ4n) is 1.70. The SMILES string of the molecule is CCC(N)(CC)C(=O)Nc1ccc(OCCOC)cc1. The molecule has 20 heavy (non-hydrogen) atoms. The van der Waals surface area contributed by atoms with Gasteiger partial charge in [0.05, 0.1) is 12.1 Å². The number of hydrogen-bond donors (Lipinski definition) is 2. The standard InChI is InChI=1S/C15H24N2O3/c1-4-15(16,5-2)14(18)17-12-6-8-13(9-7-12)20-11-10-19-3/h6-9H,4-5,10-11,16H2,1-3H3,(H,17,18). The Labute approximate surface area is 120 Å². The molecule has 1 aromatic rings. The maximum absolute atomic E-state index is 12.1. The molecule has 5 nitrogen and oxygen atoms in total. The number of amides is 1. The number of anilines is 1. The van der Waals surface area contributed by atoms with E-state index >= 15 is 0 Å². The second kappa shape index (κ2) is 7.87. The summed E-state index contributed by atoms with van der Waals surface area (Å²) < 4.78 is 10.4. The van der Waals surface area contributed by atoms with E-state index in [2.05, 4.69) is 5.32 Å². The Balaban J connectivity index is 2.59. The molecule has 0 heterocycles. The van der Waals surface area contributed by atoms with Gasteiger partial charge in [0.25, 0.3) is 0 Å². The summed E-state index contributed by atoms with van der Waals surface area (Å²) in [5.74, 6) is 0.584. The summed E-state index contributed by atoms with van der Waals surface area (Å²) in [6.07, 6.45) is 1.21. The van der Waals surface area contributed by atoms with E-state index in [1.54, 1.807) is 31.4 Å². The third kappa shape index (κ3) is 4.51. The van der Waals surface area contributed by atoms with Crippen molar-refractivity contribution in [3.63, 3.8) is 0 Å². The quantitative estimate of drug-likeness (QED) is 0.716. The van der Waals surface area contributed by atoms with Crippen molar-refractivity contribution in [3.05, 3.63) is 24.3 Å². The average Bonchev–Trinajstić information content (AvgIpc) is 2.48. The second-order valence-electron chi connectivity index (χ2n) is 4.68. The molecule has 0 unspecified atom stereocenters. The third-order valence-corrected chi connectivity index (χ3v) is 3.38. The number of nitrogens with one attached hydrogen (secondary N) is 1. The van der Waals surface area contributed by atoms with Gasteiger partial charge in [0, 0.05) is 12.8 Å². The highest BCUT2D eigenvalue weighted by Gasteiger charge is 2.29. The van der Waals surface area contributed by atoms with E-state index in [4.69, 9.17) is 15.2 Å². The summed E-state index contributed by atoms with van der Waals surface area (Å²) in [6.45, 7) is 4.87. The Morgan fingerprint density at radius 3 is 2.30 bits per heavy atom. The topological polar surface area (TPSA) is 73.6 Å². The molecule has 1 amide bonds. The maximum atomic E-state index is 12.1. The summed E-state index contributed by atoms with van der Waals surface area (Å²) in [4.78, 5) is 12.1. The van der Waals surface area contributed by atoms with Crippen molar-refractivity contribution in [2.75, 3.05) is 25.6 Å². The molecule has 0 fully saturated rings. The Morgan fingerprint density at radius 2 is 1.80 bits per heavy atom. The van der Waals surface area contributed by atoms with Crippen LogP contribution in [0, 0.1) is 0 Å². The molecule has 0 saturated carbocycles. The smallest absolute Gasteiger partial charge is 0.244 e. The van der Waals surface area contributed by atoms with Crippen molar-refractivity contribution >= 4 is 11.6 Å². The van der Waals surface area contributed by atoms with Gasteiger partial charge in [-0.3, -0.25) is 4.79 Å². The lowest BCUT2D eigenvalue weighted by Gasteiger charge is -2.25. The summed E-state index contributed by atoms with van der Waals surface area (Å²) >= 11 is 0. The maximum Gasteiger partial charge on any atom is 0.244 e. The fourth-order valence-corrected chi connectivity index (χ4v) is 1.70. The van der Waals surface area contributed by atoms with E-state index in [9.17, 15) is 4.79 Å². The van der Waals surface area contributed by atoms with Crippen LogP contribution in [0.1, 0.15) is 26.7 Å². The van der Waals surface area contributed by atoms with Crippen LogP contribution in [0.15, 0.2) is 24.3 Å². The van der Waals surface area contributed by atoms with Gasteiger partial charge in [0.15, 0.2) is 0 Å². The average molecular weight is 280 g/mol. The van der Waals surface area contributed by atoms with Gasteiger partial charge < -0.3 is 20.5 Å². The fraction of sp³-hybridized carbons (Fsp3) is 0.533. The van der Waals surface area contributed by atoms with Crippen LogP contribution in [0.2, 0.25) is 0 Å². The number of benzene rings is 1. The molecule has 0 aliphatic heterocycles. The lowest BCUT2D eigenvalue weighted by Crippen LogP contribution is -2.50. The molecular weight excluding hydrogens is 256 g/mol. The molecule has 0 aliphatic rings. The van der Waals surface area contributed by atoms with Gasteiger partial charge in [-0.15, -0.1) is 0 Å². The number of nitrogens with two attached hydrogens (primary N) is 1. The molecular formula is C15H24N2O3. The van der Waals surface area contributed by atoms with Crippen LogP contribution in [0.3, 0.4) is 0 Å². The summed E-state index contributed by atoms with van der Waals surface area (Å²) in [7, 11) is 1.63. The van der Waals surface area contributed by atoms with Crippen LogP contribution in [-0.2, 0) is 9.53 Å². The minimum absolute atomic E-state index is 0.157. The normalized spacial score (nSPS) is 11.2. The van der Waals surface area contributed by atoms with Gasteiger partial charge in [0.2, 0.25) is 5.91 Å². The van der Waals surface area contributed by atoms with Crippen molar-refractivity contribution in [2.45, 2.75) is 32.2 Å². The molecule has 0 saturated heterocycles. The number of carbonyl (C=O) groups is 1. The van der Waals surface area contributed by atoms with Crippen molar-refractivity contribution in [1.82, 2.24) is 0 Å². The van der Waals surface area contributed by atoms with Crippen molar-refractivity contribution < 1.29 is 14.3 Å². The van der Waals surface area contributed by atoms with Crippen LogP contribution < -0.4 is 15.8 Å². The lowest BCUT2D eigenvalue weighted by molar-refractivity contribution is -0.121. The highest BCUT2D eigenvalue weighted by atomic mass is 16.5. The van der Waals surface area contributed by atoms with Crippen molar-refractivity contribution in [1.29, 1.82) is 0 Å². The van der Waals surface area contributed by atoms with Crippen LogP contribution in [-0.4, -0.2) is 31.8 Å². The zero-order chi connectivity index (χ0) is 15.0. The number of rotatable bonds is 8. The molecule has 1 rings (SSSR count). The largest absolute Gasteiger partial charge is 0.491 e. The molecule has 0 aromatic heterocycles. The third-order valence-electron chi connectivity index (χ3n) is 3.38. The molecule has 5 heteroatoms. The Hall–Kier alpha value is -1.59. The molecule has 0 bridgehead atoms. The predicted molar refractivity (Wildman–Crippen MR) is 79.9 cm³/mol. The molecule has 112 valence electrons. The molecule has 3 N–H and O–H groups in total. The van der Waals surface area contributed by atoms with E-state index < -0.39 is 5.54 Å². The first kappa shape index (κ1) is 16.5. The molecule has 0 radical (unpaired) electrons. The van der Waals surface area contributed by atoms with Crippen molar-refractivity contribution in [3.8, 4) is 5.75 Å². The number of carbonyl (C=O) groups excluding carboxylic acids is 1. The summed E-state index contributed by atoms with van der Waals surface area (Å²) in [5, 5.41) is 2.83. The lowest BCUT2D eigenvalue weighted by atomic mass is 9.93. The van der Waals surface area contributed by atoms with Crippen LogP contribution >= 0.6 is 0 Å². The molecule has 0 aliphatic carbocycles. The van der Waals surface area contributed by atoms with Gasteiger partial charge in [-0.25, -0.2) is 0 Å². The predicted octanol–water partition coefficient (Wildman–Crippen LogP) is 2.17. The second-order valence-corrected chi connectivity index (χ2v) is 4.68. The van der Waals surface area contributed by atoms with Gasteiger partial charge in [0.1, 0.15) is 12.4 Å². The number of hydrogen-bond acceptors (Lipinski definition) is 4. The van der Waals surface area contributed by atoms with E-state index in [0.29, 0.717) is 31.7 Å². The van der Waals surface area contributed by atoms with Crippen molar-refractivity contribution in [2.24, 2.45) is 5.73 Å². The summed E-state index contributed by atoms with van der Waals surface area (Å²) in [5.41, 5.74) is 5.95. The minimum atomic E-state index is -0.812. The first-order valence-corrected chi connectivity index (χ1v) is 6.88. The van der Waals surface area contributed by atoms with E-state index in [0.717, 1.165) is 5.75 Å². The number of ether oxygens (including phenoxy) is 2. The number of methoxy groups -OCH3 is 1. The Morgan fingerprint density at radius 1 is 1.20 bits per heavy atom. The van der Waals surface area contributed by atoms with Gasteiger partial charge >= 0.3 is 0 Å². The first-order valence-electron chi connectivity index (χ1n) is 6.88. The Bertz CT molecular complexity index is 414. The van der Waals surface area contributed by atoms with Crippen LogP contribution in [0.5, 0.6) is 5.75 Å². The zero-order valence-corrected chi connectivity index (χ0v) is 12.4. The molecule has 0 atom stereocenters. The van der Waals surface area contributed by atoms with E-state index in [1.165, 1.54) is 0 Å². The molecule has 0 spiro atoms. The van der Waals surface area contributed by atoms with Crippen LogP contribution in [0.4, 0.5) is 5.69 Å². The van der Waals surface area contributed by atoms with Crippen LogP contribution in [0.25, 0.3) is 0 Å². The minimum Gasteiger partial charge on any atom is -0.491 e. The summed E-state index contributed by atoms with van der Waals surface area (Å²) in [6, 6.07) is 7.21. The van der Waals surface area contributed by atoms with Gasteiger partial charge in [-0.1, -0.05) is 13.8 Å². The van der Waals surface area contributed by atoms with Gasteiger partial charge in [-0.2, -0.15) is 0 Å². The monoisotopic (exact) mass is 280 g/mol. The zero-order valence-electron chi connectivity index (χ0n) is 12.4. The van der Waals surface area contributed by atoms with E-state index in [-0.39, 0.29) is 5.91 Å². The molecule has 1 aromatic carbocycles. The highest BCUT2D eigenvalue weighted by molar-refractivity contribution is 5.97. The van der Waals surface area contributed by atoms with Gasteiger partial charge in [-0.05, 0) is 37.1 Å². The Kier molecular flexibility index (Phi) is 6.48. The highest BCUT2D eigenvalue weighted by Crippen LogP contribution is 2.18. The first-order chi connectivity index (χ1) is 9.55.